The van der Waals surface area contributed by atoms with Crippen LogP contribution < -0.4 is 4.74 Å². The number of rotatable bonds is 9. The van der Waals surface area contributed by atoms with E-state index in [0.29, 0.717) is 23.3 Å². The zero-order valence-electron chi connectivity index (χ0n) is 22.1. The van der Waals surface area contributed by atoms with Gasteiger partial charge in [0.1, 0.15) is 17.9 Å². The maximum absolute atomic E-state index is 12.3. The summed E-state index contributed by atoms with van der Waals surface area (Å²) >= 11 is 0. The normalized spacial score (nSPS) is 15.2. The van der Waals surface area contributed by atoms with E-state index in [2.05, 4.69) is 36.3 Å². The van der Waals surface area contributed by atoms with Gasteiger partial charge >= 0.3 is 5.97 Å². The first kappa shape index (κ1) is 26.7. The van der Waals surface area contributed by atoms with Gasteiger partial charge in [-0.1, -0.05) is 55.5 Å². The fourth-order valence-electron chi connectivity index (χ4n) is 4.47. The number of benzene rings is 3. The average molecular weight is 513 g/mol. The fourth-order valence-corrected chi connectivity index (χ4v) is 4.47. The molecule has 0 N–H and O–H groups in total. The lowest BCUT2D eigenvalue weighted by Gasteiger charge is -2.20. The zero-order chi connectivity index (χ0) is 27.1. The van der Waals surface area contributed by atoms with Crippen molar-refractivity contribution in [1.29, 1.82) is 0 Å². The molecule has 7 heteroatoms. The molecule has 0 radical (unpaired) electrons. The number of esters is 1. The minimum absolute atomic E-state index is 0.0861. The Morgan fingerprint density at radius 2 is 1.71 bits per heavy atom. The molecule has 0 saturated carbocycles. The van der Waals surface area contributed by atoms with Gasteiger partial charge in [0.15, 0.2) is 0 Å². The lowest BCUT2D eigenvalue weighted by Crippen LogP contribution is -2.24. The van der Waals surface area contributed by atoms with Crippen molar-refractivity contribution in [3.63, 3.8) is 0 Å². The van der Waals surface area contributed by atoms with E-state index in [9.17, 15) is 9.59 Å². The minimum Gasteiger partial charge on any atom is -0.503 e. The predicted molar refractivity (Wildman–Crippen MR) is 146 cm³/mol. The van der Waals surface area contributed by atoms with E-state index < -0.39 is 5.97 Å². The monoisotopic (exact) mass is 512 g/mol. The van der Waals surface area contributed by atoms with E-state index in [1.165, 1.54) is 26.0 Å². The van der Waals surface area contributed by atoms with Crippen molar-refractivity contribution in [1.82, 2.24) is 5.01 Å². The van der Waals surface area contributed by atoms with Gasteiger partial charge in [-0.2, -0.15) is 5.10 Å². The van der Waals surface area contributed by atoms with E-state index in [0.717, 1.165) is 28.8 Å². The molecule has 1 aliphatic rings. The number of nitrogens with zero attached hydrogens (tertiary/aromatic N) is 2. The third-order valence-electron chi connectivity index (χ3n) is 6.54. The quantitative estimate of drug-likeness (QED) is 0.209. The van der Waals surface area contributed by atoms with Gasteiger partial charge in [0.2, 0.25) is 5.91 Å². The Hall–Kier alpha value is -4.39. The second-order valence-corrected chi connectivity index (χ2v) is 8.95. The largest absolute Gasteiger partial charge is 0.503 e. The first-order valence-corrected chi connectivity index (χ1v) is 12.5. The van der Waals surface area contributed by atoms with Gasteiger partial charge in [-0.15, -0.1) is 0 Å². The maximum Gasteiger partial charge on any atom is 0.341 e. The Kier molecular flexibility index (Phi) is 8.58. The van der Waals surface area contributed by atoms with Crippen LogP contribution in [-0.2, 0) is 32.1 Å². The molecule has 0 aromatic heterocycles. The standard InChI is InChI=1S/C31H32N2O5/c1-5-22-10-12-24(13-11-22)30-18-29(32-33(30)21(2)34)23-14-16-26(17-15-23)38-19-25-8-6-7-9-27(25)28(20-36-3)31(35)37-4/h6-17,20,30H,5,18-19H2,1-4H3/b28-20+. The van der Waals surface area contributed by atoms with Crippen molar-refractivity contribution in [3.05, 3.63) is 107 Å². The molecule has 1 unspecified atom stereocenters. The molecule has 3 aromatic rings. The SMILES string of the molecule is CCc1ccc(C2CC(c3ccc(OCc4ccccc4/C(=C\OC)C(=O)OC)cc3)=NN2C(C)=O)cc1. The number of hydrogen-bond acceptors (Lipinski definition) is 6. The fraction of sp³-hybridized carbons (Fsp3) is 0.258. The molecule has 3 aromatic carbocycles. The third kappa shape index (κ3) is 5.94. The average Bonchev–Trinajstić information content (AvgIpc) is 3.41. The van der Waals surface area contributed by atoms with Gasteiger partial charge in [0, 0.05) is 13.3 Å². The number of methoxy groups -OCH3 is 2. The first-order chi connectivity index (χ1) is 18.4. The molecule has 0 bridgehead atoms. The molecule has 1 aliphatic heterocycles. The topological polar surface area (TPSA) is 77.4 Å². The molecule has 0 saturated heterocycles. The Morgan fingerprint density at radius 3 is 2.34 bits per heavy atom. The zero-order valence-corrected chi connectivity index (χ0v) is 22.1. The molecule has 1 atom stereocenters. The predicted octanol–water partition coefficient (Wildman–Crippen LogP) is 5.69. The van der Waals surface area contributed by atoms with Crippen LogP contribution in [0.4, 0.5) is 0 Å². The Morgan fingerprint density at radius 1 is 1.00 bits per heavy atom. The molecular formula is C31H32N2O5. The second-order valence-electron chi connectivity index (χ2n) is 8.95. The van der Waals surface area contributed by atoms with Gasteiger partial charge in [-0.05, 0) is 58.5 Å². The van der Waals surface area contributed by atoms with E-state index >= 15 is 0 Å². The Labute approximate surface area is 223 Å². The third-order valence-corrected chi connectivity index (χ3v) is 6.54. The highest BCUT2D eigenvalue weighted by Gasteiger charge is 2.31. The molecule has 4 rings (SSSR count). The van der Waals surface area contributed by atoms with Gasteiger partial charge in [0.25, 0.3) is 0 Å². The van der Waals surface area contributed by atoms with Crippen LogP contribution in [0.3, 0.4) is 0 Å². The number of hydrazone groups is 1. The summed E-state index contributed by atoms with van der Waals surface area (Å²) in [6.07, 6.45) is 2.98. The van der Waals surface area contributed by atoms with Crippen molar-refractivity contribution in [3.8, 4) is 5.75 Å². The highest BCUT2D eigenvalue weighted by molar-refractivity contribution is 6.16. The maximum atomic E-state index is 12.3. The molecule has 196 valence electrons. The molecular weight excluding hydrogens is 480 g/mol. The van der Waals surface area contributed by atoms with Crippen LogP contribution >= 0.6 is 0 Å². The summed E-state index contributed by atoms with van der Waals surface area (Å²) in [5.41, 5.74) is 5.94. The molecule has 38 heavy (non-hydrogen) atoms. The van der Waals surface area contributed by atoms with Gasteiger partial charge in [-0.3, -0.25) is 4.79 Å². The molecule has 1 amide bonds. The number of ether oxygens (including phenoxy) is 3. The van der Waals surface area contributed by atoms with Crippen LogP contribution in [0.25, 0.3) is 5.57 Å². The number of carbonyl (C=O) groups excluding carboxylic acids is 2. The summed E-state index contributed by atoms with van der Waals surface area (Å²) in [6, 6.07) is 23.4. The number of amides is 1. The lowest BCUT2D eigenvalue weighted by molar-refractivity contribution is -0.134. The van der Waals surface area contributed by atoms with Gasteiger partial charge in [-0.25, -0.2) is 9.80 Å². The Balaban J connectivity index is 1.48. The molecule has 1 heterocycles. The smallest absolute Gasteiger partial charge is 0.341 e. The summed E-state index contributed by atoms with van der Waals surface area (Å²) in [7, 11) is 2.82. The number of hydrogen-bond donors (Lipinski definition) is 0. The van der Waals surface area contributed by atoms with E-state index in [4.69, 9.17) is 14.2 Å². The molecule has 0 spiro atoms. The molecule has 7 nitrogen and oxygen atoms in total. The van der Waals surface area contributed by atoms with Crippen LogP contribution in [0.2, 0.25) is 0 Å². The summed E-state index contributed by atoms with van der Waals surface area (Å²) in [4.78, 5) is 24.6. The molecule has 0 fully saturated rings. The summed E-state index contributed by atoms with van der Waals surface area (Å²) in [5, 5.41) is 6.23. The summed E-state index contributed by atoms with van der Waals surface area (Å²) in [5.74, 6) is 0.102. The second kappa shape index (κ2) is 12.2. The van der Waals surface area contributed by atoms with Crippen molar-refractivity contribution in [2.24, 2.45) is 5.10 Å². The minimum atomic E-state index is -0.486. The number of aryl methyl sites for hydroxylation is 1. The Bertz CT molecular complexity index is 1340. The van der Waals surface area contributed by atoms with Crippen molar-refractivity contribution in [2.75, 3.05) is 14.2 Å². The van der Waals surface area contributed by atoms with E-state index in [1.54, 1.807) is 11.9 Å². The van der Waals surface area contributed by atoms with Crippen molar-refractivity contribution in [2.45, 2.75) is 39.3 Å². The highest BCUT2D eigenvalue weighted by Crippen LogP contribution is 2.33. The van der Waals surface area contributed by atoms with Crippen LogP contribution in [-0.4, -0.2) is 36.8 Å². The van der Waals surface area contributed by atoms with Crippen LogP contribution in [0.5, 0.6) is 5.75 Å². The van der Waals surface area contributed by atoms with Crippen molar-refractivity contribution >= 4 is 23.2 Å². The van der Waals surface area contributed by atoms with Gasteiger partial charge in [0.05, 0.1) is 32.2 Å². The highest BCUT2D eigenvalue weighted by atomic mass is 16.5. The van der Waals surface area contributed by atoms with Crippen LogP contribution in [0.15, 0.2) is 84.2 Å². The van der Waals surface area contributed by atoms with Crippen LogP contribution in [0.1, 0.15) is 54.1 Å². The first-order valence-electron chi connectivity index (χ1n) is 12.5. The van der Waals surface area contributed by atoms with E-state index in [1.807, 2.05) is 48.5 Å². The number of carbonyl (C=O) groups is 2. The molecule has 0 aliphatic carbocycles. The van der Waals surface area contributed by atoms with Crippen molar-refractivity contribution < 1.29 is 23.8 Å². The van der Waals surface area contributed by atoms with E-state index in [-0.39, 0.29) is 18.6 Å². The van der Waals surface area contributed by atoms with Gasteiger partial charge < -0.3 is 14.2 Å². The summed E-state index contributed by atoms with van der Waals surface area (Å²) in [6.45, 7) is 3.92. The lowest BCUT2D eigenvalue weighted by atomic mass is 9.97. The summed E-state index contributed by atoms with van der Waals surface area (Å²) < 4.78 is 16.0. The van der Waals surface area contributed by atoms with Crippen LogP contribution in [0, 0.1) is 0 Å².